The Morgan fingerprint density at radius 2 is 1.67 bits per heavy atom. The fourth-order valence-corrected chi connectivity index (χ4v) is 1.73. The van der Waals surface area contributed by atoms with Gasteiger partial charge in [-0.1, -0.05) is 48.0 Å². The number of hydrogen-bond acceptors (Lipinski definition) is 1. The molecule has 0 atom stereocenters. The minimum Gasteiger partial charge on any atom is -0.369 e. The zero-order valence-electron chi connectivity index (χ0n) is 12.0. The molecule has 21 heavy (non-hydrogen) atoms. The summed E-state index contributed by atoms with van der Waals surface area (Å²) in [7, 11) is 0. The number of aryl methyl sites for hydroxylation is 1. The van der Waals surface area contributed by atoms with Crippen LogP contribution in [-0.2, 0) is 6.54 Å². The quantitative estimate of drug-likeness (QED) is 0.595. The second-order valence-corrected chi connectivity index (χ2v) is 4.65. The number of anilines is 1. The maximum absolute atomic E-state index is 5.79. The van der Waals surface area contributed by atoms with Crippen molar-refractivity contribution in [2.24, 2.45) is 21.5 Å². The van der Waals surface area contributed by atoms with Crippen LogP contribution in [0.25, 0.3) is 0 Å². The summed E-state index contributed by atoms with van der Waals surface area (Å²) in [6.45, 7) is 2.50. The second-order valence-electron chi connectivity index (χ2n) is 4.65. The largest absolute Gasteiger partial charge is 0.369 e. The summed E-state index contributed by atoms with van der Waals surface area (Å²) in [6.07, 6.45) is 0. The average molecular weight is 281 g/mol. The van der Waals surface area contributed by atoms with Crippen molar-refractivity contribution in [1.29, 1.82) is 0 Å². The molecule has 0 fully saturated rings. The molecule has 0 saturated heterocycles. The Morgan fingerprint density at radius 3 is 2.33 bits per heavy atom. The maximum Gasteiger partial charge on any atom is 0.218 e. The van der Waals surface area contributed by atoms with Crippen LogP contribution in [0, 0.1) is 6.92 Å². The SMILES string of the molecule is Cc1ccc(N/C(N)=N/C(N)=NCc2ccccc2)cc1. The fraction of sp³-hybridized carbons (Fsp3) is 0.125. The van der Waals surface area contributed by atoms with Gasteiger partial charge in [-0.25, -0.2) is 4.99 Å². The zero-order valence-corrected chi connectivity index (χ0v) is 12.0. The van der Waals surface area contributed by atoms with Crippen molar-refractivity contribution < 1.29 is 0 Å². The van der Waals surface area contributed by atoms with Crippen LogP contribution < -0.4 is 16.8 Å². The van der Waals surface area contributed by atoms with Crippen LogP contribution in [0.4, 0.5) is 5.69 Å². The Bertz CT molecular complexity index is 629. The van der Waals surface area contributed by atoms with Crippen molar-refractivity contribution in [2.75, 3.05) is 5.32 Å². The van der Waals surface area contributed by atoms with Crippen molar-refractivity contribution in [3.05, 3.63) is 65.7 Å². The number of guanidine groups is 2. The molecule has 0 unspecified atom stereocenters. The van der Waals surface area contributed by atoms with Gasteiger partial charge in [0, 0.05) is 5.69 Å². The highest BCUT2D eigenvalue weighted by molar-refractivity contribution is 6.00. The molecule has 2 aromatic rings. The third kappa shape index (κ3) is 4.99. The van der Waals surface area contributed by atoms with Crippen molar-refractivity contribution in [3.8, 4) is 0 Å². The van der Waals surface area contributed by atoms with E-state index in [0.29, 0.717) is 6.54 Å². The van der Waals surface area contributed by atoms with E-state index < -0.39 is 0 Å². The normalized spacial score (nSPS) is 12.2. The van der Waals surface area contributed by atoms with E-state index in [0.717, 1.165) is 11.3 Å². The predicted octanol–water partition coefficient (Wildman–Crippen LogP) is 2.24. The van der Waals surface area contributed by atoms with Gasteiger partial charge in [-0.2, -0.15) is 4.99 Å². The third-order valence-electron chi connectivity index (χ3n) is 2.83. The minimum atomic E-state index is 0.149. The van der Waals surface area contributed by atoms with Crippen molar-refractivity contribution in [2.45, 2.75) is 13.5 Å². The molecule has 0 heterocycles. The Labute approximate surface area is 124 Å². The Kier molecular flexibility index (Phi) is 4.93. The summed E-state index contributed by atoms with van der Waals surface area (Å²) in [5.41, 5.74) is 14.6. The number of hydrogen-bond donors (Lipinski definition) is 3. The molecule has 0 aromatic heterocycles. The smallest absolute Gasteiger partial charge is 0.218 e. The number of rotatable bonds is 3. The predicted molar refractivity (Wildman–Crippen MR) is 88.2 cm³/mol. The van der Waals surface area contributed by atoms with Gasteiger partial charge in [-0.3, -0.25) is 0 Å². The van der Waals surface area contributed by atoms with E-state index in [-0.39, 0.29) is 11.9 Å². The van der Waals surface area contributed by atoms with Gasteiger partial charge in [-0.15, -0.1) is 0 Å². The number of nitrogens with zero attached hydrogens (tertiary/aromatic N) is 2. The first kappa shape index (κ1) is 14.6. The summed E-state index contributed by atoms with van der Waals surface area (Å²) >= 11 is 0. The first-order valence-electron chi connectivity index (χ1n) is 6.65. The third-order valence-corrected chi connectivity index (χ3v) is 2.83. The van der Waals surface area contributed by atoms with Gasteiger partial charge in [0.15, 0.2) is 0 Å². The number of benzene rings is 2. The van der Waals surface area contributed by atoms with Crippen LogP contribution >= 0.6 is 0 Å². The molecule has 0 aliphatic carbocycles. The van der Waals surface area contributed by atoms with E-state index in [2.05, 4.69) is 15.3 Å². The Hall–Kier alpha value is -2.82. The van der Waals surface area contributed by atoms with Gasteiger partial charge >= 0.3 is 0 Å². The molecular weight excluding hydrogens is 262 g/mol. The summed E-state index contributed by atoms with van der Waals surface area (Å²) in [5.74, 6) is 0.365. The van der Waals surface area contributed by atoms with E-state index in [1.54, 1.807) is 0 Å². The molecule has 0 amide bonds. The van der Waals surface area contributed by atoms with Crippen LogP contribution in [0.3, 0.4) is 0 Å². The Morgan fingerprint density at radius 1 is 1.00 bits per heavy atom. The molecule has 5 nitrogen and oxygen atoms in total. The topological polar surface area (TPSA) is 88.8 Å². The number of nitrogens with two attached hydrogens (primary N) is 2. The molecule has 0 spiro atoms. The lowest BCUT2D eigenvalue weighted by Crippen LogP contribution is -2.26. The fourth-order valence-electron chi connectivity index (χ4n) is 1.73. The van der Waals surface area contributed by atoms with Gasteiger partial charge in [-0.05, 0) is 24.6 Å². The highest BCUT2D eigenvalue weighted by atomic mass is 15.2. The van der Waals surface area contributed by atoms with Crippen LogP contribution in [0.15, 0.2) is 64.6 Å². The molecule has 0 aliphatic heterocycles. The number of aliphatic imine (C=N–C) groups is 2. The molecule has 0 bridgehead atoms. The van der Waals surface area contributed by atoms with E-state index in [1.165, 1.54) is 5.56 Å². The molecular formula is C16H19N5. The van der Waals surface area contributed by atoms with Crippen LogP contribution in [-0.4, -0.2) is 11.9 Å². The highest BCUT2D eigenvalue weighted by Crippen LogP contribution is 2.07. The lowest BCUT2D eigenvalue weighted by Gasteiger charge is -2.05. The molecule has 108 valence electrons. The average Bonchev–Trinajstić information content (AvgIpc) is 2.48. The lowest BCUT2D eigenvalue weighted by atomic mass is 10.2. The molecule has 2 rings (SSSR count). The van der Waals surface area contributed by atoms with E-state index in [1.807, 2.05) is 61.5 Å². The van der Waals surface area contributed by atoms with Crippen LogP contribution in [0.5, 0.6) is 0 Å². The monoisotopic (exact) mass is 281 g/mol. The molecule has 5 heteroatoms. The molecule has 0 radical (unpaired) electrons. The first-order chi connectivity index (χ1) is 10.1. The second kappa shape index (κ2) is 7.09. The molecule has 5 N–H and O–H groups in total. The standard InChI is InChI=1S/C16H19N5/c1-12-7-9-14(10-8-12)20-16(18)21-15(17)19-11-13-5-3-2-4-6-13/h2-10H,11H2,1H3,(H5,17,18,19,20,21). The molecule has 2 aromatic carbocycles. The molecule has 0 aliphatic rings. The van der Waals surface area contributed by atoms with Crippen LogP contribution in [0.1, 0.15) is 11.1 Å². The van der Waals surface area contributed by atoms with Crippen LogP contribution in [0.2, 0.25) is 0 Å². The van der Waals surface area contributed by atoms with E-state index >= 15 is 0 Å². The van der Waals surface area contributed by atoms with Crippen molar-refractivity contribution in [1.82, 2.24) is 0 Å². The van der Waals surface area contributed by atoms with Gasteiger partial charge in [0.1, 0.15) is 0 Å². The first-order valence-corrected chi connectivity index (χ1v) is 6.65. The highest BCUT2D eigenvalue weighted by Gasteiger charge is 1.96. The summed E-state index contributed by atoms with van der Waals surface area (Å²) in [4.78, 5) is 8.20. The van der Waals surface area contributed by atoms with E-state index in [9.17, 15) is 0 Å². The van der Waals surface area contributed by atoms with Gasteiger partial charge < -0.3 is 16.8 Å². The van der Waals surface area contributed by atoms with E-state index in [4.69, 9.17) is 11.5 Å². The summed E-state index contributed by atoms with van der Waals surface area (Å²) in [5, 5.41) is 2.97. The van der Waals surface area contributed by atoms with Gasteiger partial charge in [0.25, 0.3) is 0 Å². The van der Waals surface area contributed by atoms with Gasteiger partial charge in [0.2, 0.25) is 11.9 Å². The van der Waals surface area contributed by atoms with Gasteiger partial charge in [0.05, 0.1) is 6.54 Å². The Balaban J connectivity index is 1.96. The van der Waals surface area contributed by atoms with Crippen molar-refractivity contribution >= 4 is 17.6 Å². The zero-order chi connectivity index (χ0) is 15.1. The van der Waals surface area contributed by atoms with Crippen molar-refractivity contribution in [3.63, 3.8) is 0 Å². The molecule has 0 saturated carbocycles. The summed E-state index contributed by atoms with van der Waals surface area (Å²) < 4.78 is 0. The summed E-state index contributed by atoms with van der Waals surface area (Å²) in [6, 6.07) is 17.7. The maximum atomic E-state index is 5.79. The lowest BCUT2D eigenvalue weighted by molar-refractivity contribution is 1.05. The minimum absolute atomic E-state index is 0.149. The number of nitrogens with one attached hydrogen (secondary N) is 1.